The summed E-state index contributed by atoms with van der Waals surface area (Å²) in [7, 11) is 0. The van der Waals surface area contributed by atoms with Crippen LogP contribution in [0.1, 0.15) is 11.1 Å². The molecular weight excluding hydrogens is 285 g/mol. The average molecular weight is 301 g/mol. The number of rotatable bonds is 3. The van der Waals surface area contributed by atoms with E-state index in [0.29, 0.717) is 18.5 Å². The average Bonchev–Trinajstić information content (AvgIpc) is 2.53. The molecule has 2 N–H and O–H groups in total. The van der Waals surface area contributed by atoms with E-state index in [1.165, 1.54) is 16.8 Å². The van der Waals surface area contributed by atoms with Gasteiger partial charge in [0.25, 0.3) is 5.56 Å². The highest BCUT2D eigenvalue weighted by Gasteiger charge is 2.17. The van der Waals surface area contributed by atoms with E-state index < -0.39 is 5.91 Å². The Bertz CT molecular complexity index is 770. The molecule has 2 heterocycles. The molecule has 22 heavy (non-hydrogen) atoms. The minimum atomic E-state index is -0.430. The molecule has 1 aliphatic rings. The fourth-order valence-electron chi connectivity index (χ4n) is 2.57. The molecular formula is C16H16FN3O2. The number of carbonyl (C=O) groups excluding carboxylic acids is 1. The minimum absolute atomic E-state index is 0.141. The van der Waals surface area contributed by atoms with Crippen molar-refractivity contribution in [1.82, 2.24) is 9.88 Å². The molecule has 1 amide bonds. The third-order valence-corrected chi connectivity index (χ3v) is 3.69. The van der Waals surface area contributed by atoms with Crippen molar-refractivity contribution >= 4 is 11.6 Å². The van der Waals surface area contributed by atoms with E-state index in [9.17, 15) is 14.0 Å². The third kappa shape index (κ3) is 2.92. The van der Waals surface area contributed by atoms with Crippen LogP contribution in [0.5, 0.6) is 0 Å². The maximum atomic E-state index is 14.4. The highest BCUT2D eigenvalue weighted by atomic mass is 19.1. The van der Waals surface area contributed by atoms with Crippen LogP contribution in [-0.4, -0.2) is 17.0 Å². The second-order valence-corrected chi connectivity index (χ2v) is 5.21. The summed E-state index contributed by atoms with van der Waals surface area (Å²) in [6.45, 7) is 1.22. The van der Waals surface area contributed by atoms with Gasteiger partial charge >= 0.3 is 0 Å². The van der Waals surface area contributed by atoms with Gasteiger partial charge in [0.2, 0.25) is 5.91 Å². The van der Waals surface area contributed by atoms with Crippen LogP contribution in [0.3, 0.4) is 0 Å². The normalized spacial score (nSPS) is 13.5. The lowest BCUT2D eigenvalue weighted by Crippen LogP contribution is -2.28. The van der Waals surface area contributed by atoms with Crippen molar-refractivity contribution in [2.45, 2.75) is 19.5 Å². The predicted octanol–water partition coefficient (Wildman–Crippen LogP) is 1.27. The lowest BCUT2D eigenvalue weighted by Gasteiger charge is -2.19. The number of anilines is 1. The van der Waals surface area contributed by atoms with Gasteiger partial charge in [-0.15, -0.1) is 0 Å². The summed E-state index contributed by atoms with van der Waals surface area (Å²) in [5.41, 5.74) is 1.46. The van der Waals surface area contributed by atoms with Crippen molar-refractivity contribution in [2.24, 2.45) is 0 Å². The molecule has 0 saturated heterocycles. The molecule has 0 fully saturated rings. The zero-order valence-electron chi connectivity index (χ0n) is 11.9. The Morgan fingerprint density at radius 1 is 1.32 bits per heavy atom. The van der Waals surface area contributed by atoms with Crippen molar-refractivity contribution in [3.05, 3.63) is 63.8 Å². The number of halogens is 1. The first-order valence-electron chi connectivity index (χ1n) is 7.11. The van der Waals surface area contributed by atoms with Crippen LogP contribution in [0.2, 0.25) is 0 Å². The summed E-state index contributed by atoms with van der Waals surface area (Å²) < 4.78 is 15.7. The number of benzene rings is 1. The summed E-state index contributed by atoms with van der Waals surface area (Å²) in [6, 6.07) is 8.02. The summed E-state index contributed by atoms with van der Waals surface area (Å²) >= 11 is 0. The van der Waals surface area contributed by atoms with Gasteiger partial charge < -0.3 is 15.2 Å². The second kappa shape index (κ2) is 6.11. The van der Waals surface area contributed by atoms with Gasteiger partial charge in [-0.25, -0.2) is 4.39 Å². The number of nitrogens with one attached hydrogen (secondary N) is 2. The zero-order valence-corrected chi connectivity index (χ0v) is 11.9. The fourth-order valence-corrected chi connectivity index (χ4v) is 2.57. The molecule has 6 heteroatoms. The van der Waals surface area contributed by atoms with Gasteiger partial charge in [-0.1, -0.05) is 12.1 Å². The molecule has 0 aliphatic carbocycles. The lowest BCUT2D eigenvalue weighted by atomic mass is 9.99. The van der Waals surface area contributed by atoms with Crippen LogP contribution in [0, 0.1) is 5.82 Å². The van der Waals surface area contributed by atoms with Crippen LogP contribution in [0.25, 0.3) is 0 Å². The number of aromatic nitrogens is 1. The number of pyridine rings is 1. The number of amides is 1. The van der Waals surface area contributed by atoms with E-state index in [4.69, 9.17) is 0 Å². The number of fused-ring (bicyclic) bond motifs is 1. The molecule has 0 radical (unpaired) electrons. The number of hydrogen-bond donors (Lipinski definition) is 2. The summed E-state index contributed by atoms with van der Waals surface area (Å²) in [4.78, 5) is 23.6. The summed E-state index contributed by atoms with van der Waals surface area (Å²) in [5, 5.41) is 5.72. The molecule has 0 atom stereocenters. The van der Waals surface area contributed by atoms with E-state index in [1.54, 1.807) is 18.2 Å². The van der Waals surface area contributed by atoms with Crippen LogP contribution in [-0.2, 0) is 24.3 Å². The molecule has 114 valence electrons. The molecule has 1 aromatic heterocycles. The van der Waals surface area contributed by atoms with E-state index in [2.05, 4.69) is 10.6 Å². The van der Waals surface area contributed by atoms with Gasteiger partial charge in [0, 0.05) is 18.8 Å². The van der Waals surface area contributed by atoms with Crippen LogP contribution in [0.15, 0.2) is 41.3 Å². The van der Waals surface area contributed by atoms with Gasteiger partial charge in [0.1, 0.15) is 12.4 Å². The van der Waals surface area contributed by atoms with Crippen molar-refractivity contribution in [2.75, 3.05) is 11.9 Å². The monoisotopic (exact) mass is 301 g/mol. The summed E-state index contributed by atoms with van der Waals surface area (Å²) in [6.07, 6.45) is 2.12. The van der Waals surface area contributed by atoms with E-state index >= 15 is 0 Å². The first-order chi connectivity index (χ1) is 10.6. The molecule has 0 bridgehead atoms. The van der Waals surface area contributed by atoms with Gasteiger partial charge in [-0.3, -0.25) is 9.59 Å². The zero-order chi connectivity index (χ0) is 15.5. The molecule has 0 saturated carbocycles. The maximum Gasteiger partial charge on any atom is 0.250 e. The Kier molecular flexibility index (Phi) is 4.02. The standard InChI is InChI=1S/C16H16FN3O2/c17-16-12-6-7-18-9-11(12)4-5-13(16)19-14(21)10-20-8-2-1-3-15(20)22/h1-5,8,18H,6-7,9-10H2,(H,19,21). The Hall–Kier alpha value is -2.47. The van der Waals surface area contributed by atoms with Gasteiger partial charge in [0.05, 0.1) is 5.69 Å². The lowest BCUT2D eigenvalue weighted by molar-refractivity contribution is -0.116. The van der Waals surface area contributed by atoms with Gasteiger partial charge in [0.15, 0.2) is 0 Å². The fraction of sp³-hybridized carbons (Fsp3) is 0.250. The molecule has 2 aromatic rings. The molecule has 1 aliphatic heterocycles. The Morgan fingerprint density at radius 3 is 3.00 bits per heavy atom. The van der Waals surface area contributed by atoms with Crippen molar-refractivity contribution < 1.29 is 9.18 Å². The van der Waals surface area contributed by atoms with Gasteiger partial charge in [-0.05, 0) is 36.2 Å². The van der Waals surface area contributed by atoms with E-state index in [1.807, 2.05) is 6.07 Å². The molecule has 0 unspecified atom stereocenters. The Morgan fingerprint density at radius 2 is 2.18 bits per heavy atom. The van der Waals surface area contributed by atoms with Gasteiger partial charge in [-0.2, -0.15) is 0 Å². The maximum absolute atomic E-state index is 14.4. The van der Waals surface area contributed by atoms with Crippen LogP contribution < -0.4 is 16.2 Å². The first-order valence-corrected chi connectivity index (χ1v) is 7.11. The van der Waals surface area contributed by atoms with Crippen LogP contribution in [0.4, 0.5) is 10.1 Å². The van der Waals surface area contributed by atoms with E-state index in [0.717, 1.165) is 12.1 Å². The third-order valence-electron chi connectivity index (χ3n) is 3.69. The molecule has 3 rings (SSSR count). The molecule has 0 spiro atoms. The molecule has 5 nitrogen and oxygen atoms in total. The number of carbonyl (C=O) groups is 1. The largest absolute Gasteiger partial charge is 0.322 e. The first kappa shape index (κ1) is 14.5. The van der Waals surface area contributed by atoms with Crippen molar-refractivity contribution in [1.29, 1.82) is 0 Å². The quantitative estimate of drug-likeness (QED) is 0.897. The minimum Gasteiger partial charge on any atom is -0.322 e. The topological polar surface area (TPSA) is 63.1 Å². The smallest absolute Gasteiger partial charge is 0.250 e. The second-order valence-electron chi connectivity index (χ2n) is 5.21. The predicted molar refractivity (Wildman–Crippen MR) is 81.1 cm³/mol. The van der Waals surface area contributed by atoms with Crippen LogP contribution >= 0.6 is 0 Å². The summed E-state index contributed by atoms with van der Waals surface area (Å²) in [5.74, 6) is -0.811. The Labute approximate surface area is 126 Å². The molecule has 1 aromatic carbocycles. The highest BCUT2D eigenvalue weighted by Crippen LogP contribution is 2.24. The number of hydrogen-bond acceptors (Lipinski definition) is 3. The Balaban J connectivity index is 1.77. The number of nitrogens with zero attached hydrogens (tertiary/aromatic N) is 1. The highest BCUT2D eigenvalue weighted by molar-refractivity contribution is 5.90. The SMILES string of the molecule is O=C(Cn1ccccc1=O)Nc1ccc2c(c1F)CCNC2. The van der Waals surface area contributed by atoms with Crippen molar-refractivity contribution in [3.63, 3.8) is 0 Å². The van der Waals surface area contributed by atoms with Crippen molar-refractivity contribution in [3.8, 4) is 0 Å². The van der Waals surface area contributed by atoms with E-state index in [-0.39, 0.29) is 23.6 Å².